The molecule has 1 heterocycles. The molecule has 6 nitrogen and oxygen atoms in total. The van der Waals surface area contributed by atoms with E-state index >= 15 is 0 Å². The molecule has 0 aliphatic carbocycles. The zero-order chi connectivity index (χ0) is 18.6. The quantitative estimate of drug-likeness (QED) is 0.777. The Morgan fingerprint density at radius 2 is 1.68 bits per heavy atom. The molecule has 1 aromatic rings. The van der Waals surface area contributed by atoms with Crippen molar-refractivity contribution in [2.75, 3.05) is 26.2 Å². The Balaban J connectivity index is 2.76. The van der Waals surface area contributed by atoms with Gasteiger partial charge in [-0.25, -0.2) is 14.0 Å². The van der Waals surface area contributed by atoms with Crippen LogP contribution in [0.15, 0.2) is 47.8 Å². The van der Waals surface area contributed by atoms with Crippen molar-refractivity contribution in [3.05, 3.63) is 59.5 Å². The van der Waals surface area contributed by atoms with E-state index in [1.54, 1.807) is 0 Å². The highest BCUT2D eigenvalue weighted by Gasteiger charge is 2.30. The maximum absolute atomic E-state index is 14.1. The lowest BCUT2D eigenvalue weighted by Crippen LogP contribution is -2.27. The van der Waals surface area contributed by atoms with Gasteiger partial charge in [-0.15, -0.1) is 0 Å². The predicted molar refractivity (Wildman–Crippen MR) is 84.7 cm³/mol. The summed E-state index contributed by atoms with van der Waals surface area (Å²) in [4.78, 5) is 25.5. The summed E-state index contributed by atoms with van der Waals surface area (Å²) in [5.74, 6) is -4.45. The third-order valence-corrected chi connectivity index (χ3v) is 3.38. The van der Waals surface area contributed by atoms with Crippen molar-refractivity contribution in [1.82, 2.24) is 0 Å². The van der Waals surface area contributed by atoms with Crippen LogP contribution in [-0.2, 0) is 19.1 Å². The molecule has 132 valence electrons. The molecular weight excluding hydrogens is 336 g/mol. The zero-order valence-corrected chi connectivity index (χ0v) is 13.7. The Labute approximate surface area is 142 Å². The normalized spacial score (nSPS) is 13.6. The molecule has 0 aromatic heterocycles. The van der Waals surface area contributed by atoms with Gasteiger partial charge in [-0.2, -0.15) is 4.39 Å². The first-order valence-corrected chi connectivity index (χ1v) is 7.03. The van der Waals surface area contributed by atoms with Gasteiger partial charge in [0, 0.05) is 6.20 Å². The second kappa shape index (κ2) is 7.61. The van der Waals surface area contributed by atoms with E-state index in [1.165, 1.54) is 35.4 Å². The van der Waals surface area contributed by atoms with Crippen LogP contribution in [0.25, 0.3) is 0 Å². The van der Waals surface area contributed by atoms with Crippen LogP contribution in [0.1, 0.15) is 0 Å². The molecule has 1 aliphatic rings. The Morgan fingerprint density at radius 1 is 1.00 bits per heavy atom. The third-order valence-electron chi connectivity index (χ3n) is 3.38. The molecule has 0 N–H and O–H groups in total. The standard InChI is InChI=1S/C17H15F2NO5/c1-23-15-12(8-7-11(18)13(15)19)20-9-5-4-6-10(16(21)24-2)14(20)17(22)25-3/h4-9H,1-3H3. The summed E-state index contributed by atoms with van der Waals surface area (Å²) in [6.45, 7) is 0. The zero-order valence-electron chi connectivity index (χ0n) is 13.7. The molecule has 0 amide bonds. The number of carbonyl (C=O) groups excluding carboxylic acids is 2. The van der Waals surface area contributed by atoms with E-state index in [-0.39, 0.29) is 17.0 Å². The van der Waals surface area contributed by atoms with Gasteiger partial charge in [0.15, 0.2) is 11.6 Å². The Morgan fingerprint density at radius 3 is 2.28 bits per heavy atom. The topological polar surface area (TPSA) is 65.1 Å². The molecule has 0 spiro atoms. The Kier molecular flexibility index (Phi) is 5.53. The van der Waals surface area contributed by atoms with E-state index in [9.17, 15) is 18.4 Å². The van der Waals surface area contributed by atoms with Gasteiger partial charge in [-0.3, -0.25) is 0 Å². The highest BCUT2D eigenvalue weighted by molar-refractivity contribution is 6.05. The number of halogens is 2. The largest absolute Gasteiger partial charge is 0.491 e. The minimum absolute atomic E-state index is 0.00292. The molecule has 0 fully saturated rings. The van der Waals surface area contributed by atoms with Crippen molar-refractivity contribution in [3.8, 4) is 5.75 Å². The summed E-state index contributed by atoms with van der Waals surface area (Å²) in [7, 11) is 3.44. The van der Waals surface area contributed by atoms with Crippen molar-refractivity contribution < 1.29 is 32.6 Å². The summed E-state index contributed by atoms with van der Waals surface area (Å²) >= 11 is 0. The third kappa shape index (κ3) is 3.37. The van der Waals surface area contributed by atoms with E-state index in [2.05, 4.69) is 4.74 Å². The number of nitrogens with zero attached hydrogens (tertiary/aromatic N) is 1. The first-order valence-electron chi connectivity index (χ1n) is 7.03. The van der Waals surface area contributed by atoms with Crippen LogP contribution in [0.4, 0.5) is 14.5 Å². The molecule has 1 aliphatic heterocycles. The van der Waals surface area contributed by atoms with E-state index < -0.39 is 29.3 Å². The van der Waals surface area contributed by atoms with Crippen molar-refractivity contribution in [1.29, 1.82) is 0 Å². The molecule has 2 rings (SSSR count). The lowest BCUT2D eigenvalue weighted by molar-refractivity contribution is -0.139. The Bertz CT molecular complexity index is 798. The highest BCUT2D eigenvalue weighted by Crippen LogP contribution is 2.36. The summed E-state index contributed by atoms with van der Waals surface area (Å²) < 4.78 is 41.9. The van der Waals surface area contributed by atoms with Crippen LogP contribution in [0, 0.1) is 11.6 Å². The minimum atomic E-state index is -1.23. The molecule has 1 aromatic carbocycles. The van der Waals surface area contributed by atoms with Crippen molar-refractivity contribution in [2.24, 2.45) is 0 Å². The van der Waals surface area contributed by atoms with Gasteiger partial charge in [0.1, 0.15) is 5.70 Å². The first kappa shape index (κ1) is 18.2. The van der Waals surface area contributed by atoms with Crippen LogP contribution < -0.4 is 9.64 Å². The van der Waals surface area contributed by atoms with Crippen molar-refractivity contribution in [3.63, 3.8) is 0 Å². The lowest BCUT2D eigenvalue weighted by Gasteiger charge is -2.25. The number of esters is 2. The van der Waals surface area contributed by atoms with Crippen molar-refractivity contribution >= 4 is 17.6 Å². The number of hydrogen-bond acceptors (Lipinski definition) is 6. The van der Waals surface area contributed by atoms with Crippen molar-refractivity contribution in [2.45, 2.75) is 0 Å². The number of carbonyl (C=O) groups is 2. The fourth-order valence-corrected chi connectivity index (χ4v) is 2.26. The smallest absolute Gasteiger partial charge is 0.355 e. The van der Waals surface area contributed by atoms with Crippen LogP contribution >= 0.6 is 0 Å². The van der Waals surface area contributed by atoms with Gasteiger partial charge in [-0.1, -0.05) is 6.08 Å². The fourth-order valence-electron chi connectivity index (χ4n) is 2.26. The van der Waals surface area contributed by atoms with Crippen LogP contribution in [0.3, 0.4) is 0 Å². The molecule has 0 saturated carbocycles. The van der Waals surface area contributed by atoms with Crippen LogP contribution in [-0.4, -0.2) is 33.3 Å². The summed E-state index contributed by atoms with van der Waals surface area (Å²) in [6, 6.07) is 2.09. The van der Waals surface area contributed by atoms with Crippen LogP contribution in [0.2, 0.25) is 0 Å². The molecule has 0 radical (unpaired) electrons. The monoisotopic (exact) mass is 351 g/mol. The number of hydrogen-bond donors (Lipinski definition) is 0. The molecule has 0 atom stereocenters. The highest BCUT2D eigenvalue weighted by atomic mass is 19.2. The van der Waals surface area contributed by atoms with E-state index in [4.69, 9.17) is 9.47 Å². The van der Waals surface area contributed by atoms with Gasteiger partial charge in [0.25, 0.3) is 0 Å². The van der Waals surface area contributed by atoms with E-state index in [0.717, 1.165) is 27.4 Å². The molecule has 8 heteroatoms. The maximum atomic E-state index is 14.1. The van der Waals surface area contributed by atoms with Gasteiger partial charge in [0.2, 0.25) is 5.82 Å². The van der Waals surface area contributed by atoms with Gasteiger partial charge < -0.3 is 19.1 Å². The second-order valence-corrected chi connectivity index (χ2v) is 4.73. The maximum Gasteiger partial charge on any atom is 0.355 e. The Hall–Kier alpha value is -3.16. The number of anilines is 1. The molecule has 0 bridgehead atoms. The average molecular weight is 351 g/mol. The fraction of sp³-hybridized carbons (Fsp3) is 0.176. The first-order chi connectivity index (χ1) is 12.0. The number of ether oxygens (including phenoxy) is 3. The summed E-state index contributed by atoms with van der Waals surface area (Å²) in [5.41, 5.74) is -0.349. The second-order valence-electron chi connectivity index (χ2n) is 4.73. The number of rotatable bonds is 4. The average Bonchev–Trinajstić information content (AvgIpc) is 2.85. The minimum Gasteiger partial charge on any atom is -0.491 e. The molecule has 25 heavy (non-hydrogen) atoms. The van der Waals surface area contributed by atoms with E-state index in [1.807, 2.05) is 0 Å². The summed E-state index contributed by atoms with van der Waals surface area (Å²) in [6.07, 6.45) is 5.72. The molecular formula is C17H15F2NO5. The van der Waals surface area contributed by atoms with E-state index in [0.29, 0.717) is 0 Å². The van der Waals surface area contributed by atoms with Gasteiger partial charge >= 0.3 is 11.9 Å². The van der Waals surface area contributed by atoms with Gasteiger partial charge in [-0.05, 0) is 24.3 Å². The molecule has 0 unspecified atom stereocenters. The summed E-state index contributed by atoms with van der Waals surface area (Å²) in [5, 5.41) is 0. The number of allylic oxidation sites excluding steroid dienone is 2. The van der Waals surface area contributed by atoms with Crippen LogP contribution in [0.5, 0.6) is 5.75 Å². The predicted octanol–water partition coefficient (Wildman–Crippen LogP) is 2.46. The number of benzene rings is 1. The molecule has 0 saturated heterocycles. The number of methoxy groups -OCH3 is 3. The van der Waals surface area contributed by atoms with Gasteiger partial charge in [0.05, 0.1) is 32.6 Å². The SMILES string of the molecule is COC(=O)C1=C(C(=O)OC)N(c2ccc(F)c(F)c2OC)C=CC=C1. The lowest BCUT2D eigenvalue weighted by atomic mass is 10.1.